The minimum absolute atomic E-state index is 0.0332. The second-order valence-electron chi connectivity index (χ2n) is 8.81. The summed E-state index contributed by atoms with van der Waals surface area (Å²) in [6, 6.07) is 14.4. The highest BCUT2D eigenvalue weighted by molar-refractivity contribution is 6.39. The van der Waals surface area contributed by atoms with Crippen LogP contribution >= 0.6 is 23.2 Å². The van der Waals surface area contributed by atoms with E-state index in [0.29, 0.717) is 25.2 Å². The number of halogens is 4. The molecule has 2 N–H and O–H groups in total. The van der Waals surface area contributed by atoms with Crippen LogP contribution in [-0.2, 0) is 17.8 Å². The number of carbonyl (C=O) groups is 2. The van der Waals surface area contributed by atoms with E-state index >= 15 is 0 Å². The molecule has 1 aliphatic heterocycles. The van der Waals surface area contributed by atoms with Crippen molar-refractivity contribution in [3.05, 3.63) is 111 Å². The monoisotopic (exact) mass is 544 g/mol. The average Bonchev–Trinajstić information content (AvgIpc) is 2.86. The van der Waals surface area contributed by atoms with Crippen molar-refractivity contribution in [2.24, 2.45) is 0 Å². The lowest BCUT2D eigenvalue weighted by atomic mass is 9.96. The third-order valence-electron chi connectivity index (χ3n) is 6.25. The average molecular weight is 545 g/mol. The van der Waals surface area contributed by atoms with Crippen LogP contribution in [0.4, 0.5) is 8.78 Å². The Morgan fingerprint density at radius 2 is 1.73 bits per heavy atom. The maximum Gasteiger partial charge on any atom is 0.326 e. The molecule has 3 aromatic rings. The first-order valence-electron chi connectivity index (χ1n) is 11.6. The molecule has 0 radical (unpaired) electrons. The van der Waals surface area contributed by atoms with Gasteiger partial charge in [0.1, 0.15) is 17.7 Å². The fraction of sp³-hybridized carbons (Fsp3) is 0.214. The molecule has 1 aliphatic rings. The summed E-state index contributed by atoms with van der Waals surface area (Å²) >= 11 is 12.1. The minimum Gasteiger partial charge on any atom is -0.480 e. The van der Waals surface area contributed by atoms with Crippen LogP contribution in [0.1, 0.15) is 33.5 Å². The molecule has 0 fully saturated rings. The Labute approximate surface area is 223 Å². The molecule has 1 heterocycles. The summed E-state index contributed by atoms with van der Waals surface area (Å²) < 4.78 is 27.4. The van der Waals surface area contributed by atoms with Crippen LogP contribution in [0.3, 0.4) is 0 Å². The number of hydrogen-bond donors (Lipinski definition) is 2. The van der Waals surface area contributed by atoms with Gasteiger partial charge in [-0.05, 0) is 53.5 Å². The van der Waals surface area contributed by atoms with E-state index in [1.54, 1.807) is 6.07 Å². The Balaban J connectivity index is 1.38. The van der Waals surface area contributed by atoms with Gasteiger partial charge in [-0.2, -0.15) is 0 Å². The highest BCUT2D eigenvalue weighted by Gasteiger charge is 2.24. The Bertz CT molecular complexity index is 1330. The molecule has 192 valence electrons. The number of nitrogens with zero attached hydrogens (tertiary/aromatic N) is 1. The summed E-state index contributed by atoms with van der Waals surface area (Å²) in [5.74, 6) is -2.71. The van der Waals surface area contributed by atoms with Crippen molar-refractivity contribution in [1.29, 1.82) is 0 Å². The number of benzene rings is 3. The van der Waals surface area contributed by atoms with Crippen LogP contribution in [-0.4, -0.2) is 41.0 Å². The predicted molar refractivity (Wildman–Crippen MR) is 140 cm³/mol. The van der Waals surface area contributed by atoms with Gasteiger partial charge in [0, 0.05) is 31.6 Å². The maximum absolute atomic E-state index is 14.0. The first-order valence-corrected chi connectivity index (χ1v) is 12.4. The Morgan fingerprint density at radius 3 is 2.35 bits per heavy atom. The Kier molecular flexibility index (Phi) is 8.59. The van der Waals surface area contributed by atoms with Crippen molar-refractivity contribution in [3.8, 4) is 0 Å². The van der Waals surface area contributed by atoms with E-state index in [1.807, 2.05) is 29.2 Å². The van der Waals surface area contributed by atoms with Crippen molar-refractivity contribution < 1.29 is 23.5 Å². The van der Waals surface area contributed by atoms with Crippen LogP contribution in [0, 0.1) is 11.6 Å². The first-order chi connectivity index (χ1) is 17.7. The normalized spacial score (nSPS) is 14.6. The van der Waals surface area contributed by atoms with Gasteiger partial charge in [0.15, 0.2) is 0 Å². The van der Waals surface area contributed by atoms with Crippen LogP contribution in [0.25, 0.3) is 5.57 Å². The zero-order valence-electron chi connectivity index (χ0n) is 19.7. The summed E-state index contributed by atoms with van der Waals surface area (Å²) in [6.45, 7) is 1.63. The molecule has 1 atom stereocenters. The lowest BCUT2D eigenvalue weighted by Gasteiger charge is -2.26. The van der Waals surface area contributed by atoms with Crippen molar-refractivity contribution in [2.75, 3.05) is 13.1 Å². The highest BCUT2D eigenvalue weighted by atomic mass is 35.5. The van der Waals surface area contributed by atoms with Gasteiger partial charge in [0.05, 0.1) is 15.6 Å². The van der Waals surface area contributed by atoms with Crippen LogP contribution in [0.2, 0.25) is 10.0 Å². The van der Waals surface area contributed by atoms with Crippen molar-refractivity contribution in [1.82, 2.24) is 10.2 Å². The molecule has 0 saturated heterocycles. The van der Waals surface area contributed by atoms with E-state index in [4.69, 9.17) is 23.2 Å². The van der Waals surface area contributed by atoms with E-state index in [9.17, 15) is 23.5 Å². The molecule has 5 nitrogen and oxygen atoms in total. The lowest BCUT2D eigenvalue weighted by Crippen LogP contribution is -2.42. The number of carboxylic acids is 1. The van der Waals surface area contributed by atoms with Gasteiger partial charge in [-0.3, -0.25) is 9.69 Å². The molecule has 4 rings (SSSR count). The molecule has 0 saturated carbocycles. The van der Waals surface area contributed by atoms with Crippen LogP contribution < -0.4 is 5.32 Å². The zero-order chi connectivity index (χ0) is 26.5. The van der Waals surface area contributed by atoms with Gasteiger partial charge < -0.3 is 10.4 Å². The summed E-state index contributed by atoms with van der Waals surface area (Å²) in [5, 5.41) is 12.4. The van der Waals surface area contributed by atoms with Crippen molar-refractivity contribution in [3.63, 3.8) is 0 Å². The van der Waals surface area contributed by atoms with E-state index < -0.39 is 29.6 Å². The van der Waals surface area contributed by atoms with Gasteiger partial charge in [-0.15, -0.1) is 0 Å². The fourth-order valence-electron chi connectivity index (χ4n) is 4.26. The molecule has 1 amide bonds. The molecule has 9 heteroatoms. The molecule has 0 unspecified atom stereocenters. The number of nitrogens with one attached hydrogen (secondary N) is 1. The third-order valence-corrected chi connectivity index (χ3v) is 6.88. The highest BCUT2D eigenvalue weighted by Crippen LogP contribution is 2.26. The lowest BCUT2D eigenvalue weighted by molar-refractivity contribution is -0.139. The molecular formula is C28H24Cl2F2N2O3. The zero-order valence-corrected chi connectivity index (χ0v) is 21.2. The van der Waals surface area contributed by atoms with E-state index in [2.05, 4.69) is 11.4 Å². The molecule has 3 aromatic carbocycles. The Hall–Kier alpha value is -3.26. The molecule has 0 bridgehead atoms. The number of carbonyl (C=O) groups excluding carboxylic acids is 1. The number of hydrogen-bond acceptors (Lipinski definition) is 3. The van der Waals surface area contributed by atoms with E-state index in [1.165, 1.54) is 18.2 Å². The van der Waals surface area contributed by atoms with Crippen LogP contribution in [0.15, 0.2) is 66.7 Å². The number of rotatable bonds is 8. The van der Waals surface area contributed by atoms with Crippen molar-refractivity contribution in [2.45, 2.75) is 25.4 Å². The maximum atomic E-state index is 14.0. The standard InChI is InChI=1S/C28H24Cl2F2N2O3/c29-22-2-1-3-23(30)26(22)27(35)33-25(28(36)37)14-17-4-6-18(7-5-17)19-10-12-34(13-11-19)16-20-15-21(31)8-9-24(20)32/h1-10,15,25H,11-14,16H2,(H,33,35)(H,36,37)/t25-/m0/s1. The smallest absolute Gasteiger partial charge is 0.326 e. The van der Waals surface area contributed by atoms with Gasteiger partial charge in [-0.25, -0.2) is 13.6 Å². The molecule has 37 heavy (non-hydrogen) atoms. The van der Waals surface area contributed by atoms with Crippen molar-refractivity contribution >= 4 is 40.7 Å². The minimum atomic E-state index is -1.18. The fourth-order valence-corrected chi connectivity index (χ4v) is 4.83. The predicted octanol–water partition coefficient (Wildman–Crippen LogP) is 5.99. The summed E-state index contributed by atoms with van der Waals surface area (Å²) in [4.78, 5) is 26.5. The number of carboxylic acid groups (broad SMARTS) is 1. The molecule has 0 aromatic heterocycles. The van der Waals surface area contributed by atoms with Crippen LogP contribution in [0.5, 0.6) is 0 Å². The Morgan fingerprint density at radius 1 is 1.03 bits per heavy atom. The van der Waals surface area contributed by atoms with E-state index in [-0.39, 0.29) is 22.0 Å². The quantitative estimate of drug-likeness (QED) is 0.365. The topological polar surface area (TPSA) is 69.6 Å². The third kappa shape index (κ3) is 6.74. The first kappa shape index (κ1) is 26.8. The number of amides is 1. The second kappa shape index (κ2) is 11.9. The largest absolute Gasteiger partial charge is 0.480 e. The molecule has 0 aliphatic carbocycles. The summed E-state index contributed by atoms with van der Waals surface area (Å²) in [6.07, 6.45) is 2.88. The second-order valence-corrected chi connectivity index (χ2v) is 9.63. The van der Waals surface area contributed by atoms with Gasteiger partial charge in [-0.1, -0.05) is 59.6 Å². The molecular weight excluding hydrogens is 521 g/mol. The molecule has 0 spiro atoms. The van der Waals surface area contributed by atoms with E-state index in [0.717, 1.165) is 35.3 Å². The SMILES string of the molecule is O=C(N[C@@H](Cc1ccc(C2=CCN(Cc3cc(F)ccc3F)CC2)cc1)C(=O)O)c1c(Cl)cccc1Cl. The van der Waals surface area contributed by atoms with Gasteiger partial charge in [0.2, 0.25) is 0 Å². The van der Waals surface area contributed by atoms with Gasteiger partial charge >= 0.3 is 5.97 Å². The number of aliphatic carboxylic acids is 1. The van der Waals surface area contributed by atoms with Gasteiger partial charge in [0.25, 0.3) is 5.91 Å². The summed E-state index contributed by atoms with van der Waals surface area (Å²) in [5.41, 5.74) is 3.23. The summed E-state index contributed by atoms with van der Waals surface area (Å²) in [7, 11) is 0.